The van der Waals surface area contributed by atoms with Crippen molar-refractivity contribution < 1.29 is 82.8 Å². The highest BCUT2D eigenvalue weighted by atomic mass is 19.4. The quantitative estimate of drug-likeness (QED) is 0.0890. The van der Waals surface area contributed by atoms with Crippen molar-refractivity contribution in [3.05, 3.63) is 171 Å². The third kappa shape index (κ3) is 12.2. The second-order valence-electron chi connectivity index (χ2n) is 26.5. The number of anilines is 3. The monoisotopic (exact) mass is 1340 g/mol. The van der Waals surface area contributed by atoms with Crippen LogP contribution in [0.4, 0.5) is 70.7 Å². The number of aromatic nitrogens is 4. The number of fused-ring (bicyclic) bond motifs is 4. The molecule has 3 aliphatic carbocycles. The smallest absolute Gasteiger partial charge is 0.417 e. The molecule has 0 bridgehead atoms. The molecule has 4 aliphatic heterocycles. The number of rotatable bonds is 11. The van der Waals surface area contributed by atoms with Crippen LogP contribution in [0, 0.1) is 41.3 Å². The molecule has 96 heavy (non-hydrogen) atoms. The number of benzene rings is 4. The van der Waals surface area contributed by atoms with E-state index in [4.69, 9.17) is 9.84 Å². The van der Waals surface area contributed by atoms with Crippen LogP contribution < -0.4 is 15.5 Å². The van der Waals surface area contributed by atoms with Crippen molar-refractivity contribution in [2.75, 3.05) is 74.6 Å². The molecule has 3 aromatic heterocycles. The molecule has 5 amide bonds. The highest BCUT2D eigenvalue weighted by Crippen LogP contribution is 2.54. The van der Waals surface area contributed by atoms with Gasteiger partial charge in [-0.05, 0) is 163 Å². The summed E-state index contributed by atoms with van der Waals surface area (Å²) < 4.78 is 155. The van der Waals surface area contributed by atoms with E-state index in [0.29, 0.717) is 50.2 Å². The lowest BCUT2D eigenvalue weighted by Gasteiger charge is -2.38. The molecule has 4 saturated heterocycles. The predicted octanol–water partition coefficient (Wildman–Crippen LogP) is 13.5. The molecule has 28 heteroatoms. The SMILES string of the molecule is O=C(O)c1cc(F)ccc1NC(=O)N1C[C@H]2C[C@@H](c3ccc(-c4cc(NC(=O)N5C[C@H]6C[C@@H](c7cccc(C8COCCN8c8ccc9nc(C(=O)N%10C[C@H]%11C[C@@H](c%12ccccc%12C(F)(F)F)C[C@H]%11C%10)cn9n8)c7C(F)(F)F)C[C@H]6C5)c(C(=O)O)cn4)cc3C(F)(F)F)C[C@H]2C1. The van der Waals surface area contributed by atoms with Gasteiger partial charge in [-0.1, -0.05) is 48.5 Å². The van der Waals surface area contributed by atoms with E-state index in [2.05, 4.69) is 20.6 Å². The zero-order chi connectivity index (χ0) is 67.4. The molecule has 7 aliphatic rings. The number of nitrogens with one attached hydrogen (secondary N) is 2. The molecule has 4 aromatic carbocycles. The molecule has 10 atom stereocenters. The van der Waals surface area contributed by atoms with Gasteiger partial charge in [-0.3, -0.25) is 9.78 Å². The van der Waals surface area contributed by atoms with Crippen LogP contribution in [0.1, 0.15) is 132 Å². The number of urea groups is 2. The van der Waals surface area contributed by atoms with E-state index in [1.807, 2.05) is 0 Å². The Morgan fingerprint density at radius 2 is 1.10 bits per heavy atom. The first kappa shape index (κ1) is 64.0. The van der Waals surface area contributed by atoms with Gasteiger partial charge in [0.1, 0.15) is 22.9 Å². The zero-order valence-corrected chi connectivity index (χ0v) is 51.0. The summed E-state index contributed by atoms with van der Waals surface area (Å²) in [4.78, 5) is 80.4. The summed E-state index contributed by atoms with van der Waals surface area (Å²) in [6.45, 7) is 1.56. The third-order valence-electron chi connectivity index (χ3n) is 20.9. The van der Waals surface area contributed by atoms with Gasteiger partial charge in [-0.25, -0.2) is 33.1 Å². The molecule has 7 fully saturated rings. The predicted molar refractivity (Wildman–Crippen MR) is 326 cm³/mol. The minimum absolute atomic E-state index is 0.00569. The second kappa shape index (κ2) is 24.4. The van der Waals surface area contributed by atoms with E-state index in [-0.39, 0.29) is 157 Å². The maximum Gasteiger partial charge on any atom is 0.417 e. The van der Waals surface area contributed by atoms with Gasteiger partial charge in [0.2, 0.25) is 0 Å². The zero-order valence-electron chi connectivity index (χ0n) is 51.0. The molecule has 7 aromatic rings. The standard InChI is InChI=1S/C68H62F10N10O8/c69-44-9-11-53(49(23-44)62(90)91)81-64(94)85-28-40-18-36(19-41(40)29-85)46-10-8-34(22-52(46)67(73,74)75)54-24-55(50(25-79-54)63(92)93)82-65(95)86-30-42-20-37(21-43(42)31-86)47-5-3-6-48(60(47)68(76,77)78)57-33-96-15-14-87(57)59-13-12-58-80-56(32-88(58)83-59)61(89)84-26-38-16-35(17-39(38)27-84)45-4-1-2-7-51(45)66(70,71)72/h1-13,22-25,32,35-43,57H,14-21,26-31,33H2,(H,81,94)(H,90,91)(H,92,93)(H,79,82,95)/t35-,36-,37-,38-,39+,40-,41+,42-,43+,57?. The first-order chi connectivity index (χ1) is 45.7. The molecule has 0 spiro atoms. The number of carbonyl (C=O) groups excluding carboxylic acids is 3. The summed E-state index contributed by atoms with van der Waals surface area (Å²) in [6.07, 6.45) is -9.56. The molecule has 1 unspecified atom stereocenters. The van der Waals surface area contributed by atoms with Gasteiger partial charge >= 0.3 is 42.5 Å². The average Bonchev–Trinajstić information content (AvgIpc) is 1.35. The van der Waals surface area contributed by atoms with Crippen LogP contribution in [-0.2, 0) is 23.3 Å². The number of likely N-dealkylation sites (tertiary alicyclic amines) is 3. The van der Waals surface area contributed by atoms with Gasteiger partial charge in [-0.2, -0.15) is 39.5 Å². The maximum absolute atomic E-state index is 15.7. The minimum atomic E-state index is -4.84. The highest BCUT2D eigenvalue weighted by Gasteiger charge is 2.50. The van der Waals surface area contributed by atoms with Crippen molar-refractivity contribution in [2.45, 2.75) is 80.8 Å². The van der Waals surface area contributed by atoms with Crippen molar-refractivity contribution in [1.82, 2.24) is 34.3 Å². The first-order valence-electron chi connectivity index (χ1n) is 31.7. The number of hydrogen-bond donors (Lipinski definition) is 4. The van der Waals surface area contributed by atoms with Gasteiger partial charge in [-0.15, -0.1) is 5.10 Å². The molecule has 0 radical (unpaired) electrons. The lowest BCUT2D eigenvalue weighted by atomic mass is 9.86. The van der Waals surface area contributed by atoms with Crippen LogP contribution in [0.5, 0.6) is 0 Å². The molecule has 3 saturated carbocycles. The molecule has 4 N–H and O–H groups in total. The van der Waals surface area contributed by atoms with Crippen molar-refractivity contribution in [3.8, 4) is 11.3 Å². The van der Waals surface area contributed by atoms with Crippen molar-refractivity contribution in [1.29, 1.82) is 0 Å². The van der Waals surface area contributed by atoms with Crippen LogP contribution in [0.15, 0.2) is 109 Å². The number of carboxylic acids is 2. The molecule has 18 nitrogen and oxygen atoms in total. The number of imidazole rings is 1. The number of amides is 5. The van der Waals surface area contributed by atoms with Crippen LogP contribution in [0.2, 0.25) is 0 Å². The second-order valence-corrected chi connectivity index (χ2v) is 26.5. The Kier molecular flexibility index (Phi) is 16.3. The largest absolute Gasteiger partial charge is 0.478 e. The van der Waals surface area contributed by atoms with Gasteiger partial charge in [0.05, 0.1) is 64.8 Å². The maximum atomic E-state index is 15.7. The van der Waals surface area contributed by atoms with Gasteiger partial charge < -0.3 is 45.2 Å². The van der Waals surface area contributed by atoms with E-state index in [9.17, 15) is 51.7 Å². The molecule has 502 valence electrons. The molecular weight excluding hydrogens is 1270 g/mol. The summed E-state index contributed by atoms with van der Waals surface area (Å²) in [6, 6.07) is 18.8. The molecular formula is C68H62F10N10O8. The first-order valence-corrected chi connectivity index (χ1v) is 31.7. The minimum Gasteiger partial charge on any atom is -0.478 e. The number of morpholine rings is 1. The van der Waals surface area contributed by atoms with Crippen molar-refractivity contribution in [2.24, 2.45) is 35.5 Å². The topological polar surface area (TPSA) is 215 Å². The van der Waals surface area contributed by atoms with Crippen LogP contribution in [0.25, 0.3) is 16.9 Å². The van der Waals surface area contributed by atoms with Gasteiger partial charge in [0.15, 0.2) is 5.65 Å². The molecule has 7 heterocycles. The van der Waals surface area contributed by atoms with Crippen LogP contribution in [0.3, 0.4) is 0 Å². The fourth-order valence-electron chi connectivity index (χ4n) is 16.6. The normalized spacial score (nSPS) is 24.9. The van der Waals surface area contributed by atoms with E-state index < -0.39 is 94.0 Å². The van der Waals surface area contributed by atoms with E-state index >= 15 is 26.3 Å². The van der Waals surface area contributed by atoms with E-state index in [1.165, 1.54) is 63.0 Å². The number of carboxylic acid groups (broad SMARTS) is 2. The lowest BCUT2D eigenvalue weighted by molar-refractivity contribution is -0.140. The number of pyridine rings is 1. The molecule has 14 rings (SSSR count). The Morgan fingerprint density at radius 1 is 0.552 bits per heavy atom. The third-order valence-corrected chi connectivity index (χ3v) is 20.9. The number of alkyl halides is 9. The fraction of sp³-hybridized carbons (Fsp3) is 0.412. The number of halogens is 10. The number of ether oxygens (including phenoxy) is 1. The average molecular weight is 1340 g/mol. The summed E-state index contributed by atoms with van der Waals surface area (Å²) >= 11 is 0. The summed E-state index contributed by atoms with van der Waals surface area (Å²) in [5, 5.41) is 29.6. The van der Waals surface area contributed by atoms with Crippen LogP contribution >= 0.6 is 0 Å². The highest BCUT2D eigenvalue weighted by molar-refractivity contribution is 6.01. The Hall–Kier alpha value is -9.34. The fourth-order valence-corrected chi connectivity index (χ4v) is 16.6. The van der Waals surface area contributed by atoms with Crippen LogP contribution in [-0.4, -0.2) is 133 Å². The Balaban J connectivity index is 0.624. The number of nitrogens with zero attached hydrogens (tertiary/aromatic N) is 8. The Labute approximate surface area is 541 Å². The summed E-state index contributed by atoms with van der Waals surface area (Å²) in [5.41, 5.74) is -2.97. The van der Waals surface area contributed by atoms with Crippen molar-refractivity contribution >= 4 is 52.7 Å². The van der Waals surface area contributed by atoms with E-state index in [1.54, 1.807) is 34.1 Å². The van der Waals surface area contributed by atoms with Gasteiger partial charge in [0, 0.05) is 57.6 Å². The van der Waals surface area contributed by atoms with Gasteiger partial charge in [0.25, 0.3) is 5.91 Å². The summed E-state index contributed by atoms with van der Waals surface area (Å²) in [7, 11) is 0. The van der Waals surface area contributed by atoms with E-state index in [0.717, 1.165) is 36.5 Å². The number of hydrogen-bond acceptors (Lipinski definition) is 10. The number of aromatic carboxylic acids is 2. The summed E-state index contributed by atoms with van der Waals surface area (Å²) in [5.74, 6) is -6.06. The Bertz CT molecular complexity index is 4240. The Morgan fingerprint density at radius 3 is 1.70 bits per heavy atom. The number of carbonyl (C=O) groups is 5. The van der Waals surface area contributed by atoms with Crippen molar-refractivity contribution in [3.63, 3.8) is 0 Å². The lowest BCUT2D eigenvalue weighted by Crippen LogP contribution is -2.41.